The number of benzene rings is 2. The normalized spacial score (nSPS) is 10.2. The molecule has 5 heteroatoms. The van der Waals surface area contributed by atoms with Gasteiger partial charge in [0.2, 0.25) is 0 Å². The van der Waals surface area contributed by atoms with Crippen LogP contribution in [0, 0.1) is 5.82 Å². The molecule has 0 aliphatic heterocycles. The van der Waals surface area contributed by atoms with Crippen LogP contribution in [0.2, 0.25) is 0 Å². The Hall–Kier alpha value is -2.56. The van der Waals surface area contributed by atoms with Crippen molar-refractivity contribution in [3.63, 3.8) is 0 Å². The van der Waals surface area contributed by atoms with E-state index in [9.17, 15) is 9.18 Å². The van der Waals surface area contributed by atoms with E-state index in [2.05, 4.69) is 0 Å². The summed E-state index contributed by atoms with van der Waals surface area (Å²) in [6, 6.07) is 11.1. The van der Waals surface area contributed by atoms with Crippen molar-refractivity contribution in [2.75, 3.05) is 24.8 Å². The zero-order valence-electron chi connectivity index (χ0n) is 11.3. The van der Waals surface area contributed by atoms with Gasteiger partial charge in [0.25, 0.3) is 5.91 Å². The van der Waals surface area contributed by atoms with E-state index in [0.717, 1.165) is 6.07 Å². The summed E-state index contributed by atoms with van der Waals surface area (Å²) >= 11 is 0. The molecule has 0 fully saturated rings. The Balaban J connectivity index is 2.34. The van der Waals surface area contributed by atoms with Crippen molar-refractivity contribution in [3.8, 4) is 5.75 Å². The SMILES string of the molecule is COc1ccccc1N(C)C(=O)c1ccc(N)c(F)c1. The molecule has 0 aliphatic rings. The molecule has 2 rings (SSSR count). The molecule has 0 radical (unpaired) electrons. The van der Waals surface area contributed by atoms with E-state index in [1.54, 1.807) is 25.2 Å². The summed E-state index contributed by atoms with van der Waals surface area (Å²) in [4.78, 5) is 13.7. The van der Waals surface area contributed by atoms with Crippen molar-refractivity contribution in [1.29, 1.82) is 0 Å². The number of anilines is 2. The number of halogens is 1. The molecule has 0 spiro atoms. The molecular weight excluding hydrogens is 259 g/mol. The minimum Gasteiger partial charge on any atom is -0.495 e. The first-order chi connectivity index (χ1) is 9.54. The molecule has 0 bridgehead atoms. The molecule has 4 nitrogen and oxygen atoms in total. The molecule has 2 aromatic carbocycles. The lowest BCUT2D eigenvalue weighted by Gasteiger charge is -2.20. The number of nitrogens with two attached hydrogens (primary N) is 1. The van der Waals surface area contributed by atoms with Gasteiger partial charge in [-0.25, -0.2) is 4.39 Å². The van der Waals surface area contributed by atoms with E-state index < -0.39 is 5.82 Å². The van der Waals surface area contributed by atoms with Gasteiger partial charge in [0.05, 0.1) is 18.5 Å². The van der Waals surface area contributed by atoms with E-state index in [-0.39, 0.29) is 17.2 Å². The fourth-order valence-electron chi connectivity index (χ4n) is 1.87. The van der Waals surface area contributed by atoms with Crippen LogP contribution in [0.25, 0.3) is 0 Å². The number of hydrogen-bond donors (Lipinski definition) is 1. The number of carbonyl (C=O) groups excluding carboxylic acids is 1. The van der Waals surface area contributed by atoms with E-state index in [4.69, 9.17) is 10.5 Å². The van der Waals surface area contributed by atoms with Gasteiger partial charge in [-0.15, -0.1) is 0 Å². The maximum absolute atomic E-state index is 13.4. The zero-order valence-corrected chi connectivity index (χ0v) is 11.3. The van der Waals surface area contributed by atoms with Crippen LogP contribution < -0.4 is 15.4 Å². The number of rotatable bonds is 3. The highest BCUT2D eigenvalue weighted by Gasteiger charge is 2.17. The molecule has 0 aliphatic carbocycles. The second-order valence-electron chi connectivity index (χ2n) is 4.27. The molecule has 2 aromatic rings. The predicted molar refractivity (Wildman–Crippen MR) is 76.5 cm³/mol. The Morgan fingerprint density at radius 3 is 2.60 bits per heavy atom. The molecule has 1 amide bonds. The largest absolute Gasteiger partial charge is 0.495 e. The first-order valence-electron chi connectivity index (χ1n) is 6.00. The van der Waals surface area contributed by atoms with E-state index in [1.807, 2.05) is 6.07 Å². The molecule has 0 atom stereocenters. The Morgan fingerprint density at radius 1 is 1.25 bits per heavy atom. The minimum absolute atomic E-state index is 0.0153. The second kappa shape index (κ2) is 5.61. The van der Waals surface area contributed by atoms with E-state index in [1.165, 1.54) is 24.1 Å². The number of nitrogen functional groups attached to an aromatic ring is 1. The summed E-state index contributed by atoms with van der Waals surface area (Å²) in [5.74, 6) is -0.378. The quantitative estimate of drug-likeness (QED) is 0.875. The van der Waals surface area contributed by atoms with Crippen molar-refractivity contribution in [1.82, 2.24) is 0 Å². The molecule has 0 aromatic heterocycles. The number of methoxy groups -OCH3 is 1. The van der Waals surface area contributed by atoms with Gasteiger partial charge < -0.3 is 15.4 Å². The summed E-state index contributed by atoms with van der Waals surface area (Å²) in [7, 11) is 3.13. The average Bonchev–Trinajstić information content (AvgIpc) is 2.48. The lowest BCUT2D eigenvalue weighted by atomic mass is 10.1. The Bertz CT molecular complexity index is 644. The van der Waals surface area contributed by atoms with Crippen LogP contribution in [0.3, 0.4) is 0 Å². The fourth-order valence-corrected chi connectivity index (χ4v) is 1.87. The topological polar surface area (TPSA) is 55.6 Å². The maximum Gasteiger partial charge on any atom is 0.258 e. The van der Waals surface area contributed by atoms with Gasteiger partial charge in [-0.05, 0) is 30.3 Å². The number of ether oxygens (including phenoxy) is 1. The highest BCUT2D eigenvalue weighted by Crippen LogP contribution is 2.28. The molecular formula is C15H15FN2O2. The van der Waals surface area contributed by atoms with Gasteiger partial charge in [0.15, 0.2) is 0 Å². The lowest BCUT2D eigenvalue weighted by Crippen LogP contribution is -2.26. The molecule has 0 saturated carbocycles. The van der Waals surface area contributed by atoms with Crippen LogP contribution in [0.5, 0.6) is 5.75 Å². The molecule has 0 unspecified atom stereocenters. The van der Waals surface area contributed by atoms with Gasteiger partial charge in [-0.3, -0.25) is 4.79 Å². The van der Waals surface area contributed by atoms with Crippen molar-refractivity contribution in [2.24, 2.45) is 0 Å². The first kappa shape index (κ1) is 13.9. The summed E-state index contributed by atoms with van der Waals surface area (Å²) in [5.41, 5.74) is 6.25. The van der Waals surface area contributed by atoms with Gasteiger partial charge in [-0.1, -0.05) is 12.1 Å². The standard InChI is InChI=1S/C15H15FN2O2/c1-18(13-5-3-4-6-14(13)20-2)15(19)10-7-8-12(17)11(16)9-10/h3-9H,17H2,1-2H3. The highest BCUT2D eigenvalue weighted by molar-refractivity contribution is 6.06. The van der Waals surface area contributed by atoms with Crippen LogP contribution in [0.4, 0.5) is 15.8 Å². The number of amides is 1. The van der Waals surface area contributed by atoms with Crippen LogP contribution in [0.1, 0.15) is 10.4 Å². The third kappa shape index (κ3) is 2.56. The second-order valence-corrected chi connectivity index (χ2v) is 4.27. The van der Waals surface area contributed by atoms with Gasteiger partial charge in [0.1, 0.15) is 11.6 Å². The molecule has 0 saturated heterocycles. The number of hydrogen-bond acceptors (Lipinski definition) is 3. The van der Waals surface area contributed by atoms with Crippen LogP contribution in [0.15, 0.2) is 42.5 Å². The van der Waals surface area contributed by atoms with Crippen LogP contribution in [-0.2, 0) is 0 Å². The number of nitrogens with zero attached hydrogens (tertiary/aromatic N) is 1. The summed E-state index contributed by atoms with van der Waals surface area (Å²) in [6.07, 6.45) is 0. The zero-order chi connectivity index (χ0) is 14.7. The molecule has 20 heavy (non-hydrogen) atoms. The molecule has 2 N–H and O–H groups in total. The van der Waals surface area contributed by atoms with E-state index in [0.29, 0.717) is 11.4 Å². The highest BCUT2D eigenvalue weighted by atomic mass is 19.1. The van der Waals surface area contributed by atoms with Crippen LogP contribution in [-0.4, -0.2) is 20.1 Å². The third-order valence-electron chi connectivity index (χ3n) is 3.00. The van der Waals surface area contributed by atoms with Gasteiger partial charge in [0, 0.05) is 12.6 Å². The minimum atomic E-state index is -0.607. The first-order valence-corrected chi connectivity index (χ1v) is 6.00. The maximum atomic E-state index is 13.4. The summed E-state index contributed by atoms with van der Waals surface area (Å²) < 4.78 is 18.6. The van der Waals surface area contributed by atoms with Gasteiger partial charge >= 0.3 is 0 Å². The summed E-state index contributed by atoms with van der Waals surface area (Å²) in [6.45, 7) is 0. The smallest absolute Gasteiger partial charge is 0.258 e. The number of para-hydroxylation sites is 2. The monoisotopic (exact) mass is 274 g/mol. The lowest BCUT2D eigenvalue weighted by molar-refractivity contribution is 0.0992. The molecule has 0 heterocycles. The fraction of sp³-hybridized carbons (Fsp3) is 0.133. The van der Waals surface area contributed by atoms with Crippen molar-refractivity contribution in [3.05, 3.63) is 53.8 Å². The van der Waals surface area contributed by atoms with Crippen molar-refractivity contribution < 1.29 is 13.9 Å². The Labute approximate surface area is 116 Å². The number of carbonyl (C=O) groups is 1. The molecule has 104 valence electrons. The average molecular weight is 274 g/mol. The Kier molecular flexibility index (Phi) is 3.89. The van der Waals surface area contributed by atoms with E-state index >= 15 is 0 Å². The third-order valence-corrected chi connectivity index (χ3v) is 3.00. The Morgan fingerprint density at radius 2 is 1.95 bits per heavy atom. The van der Waals surface area contributed by atoms with Gasteiger partial charge in [-0.2, -0.15) is 0 Å². The predicted octanol–water partition coefficient (Wildman–Crippen LogP) is 2.69. The summed E-state index contributed by atoms with van der Waals surface area (Å²) in [5, 5.41) is 0. The van der Waals surface area contributed by atoms with Crippen molar-refractivity contribution in [2.45, 2.75) is 0 Å². The van der Waals surface area contributed by atoms with Crippen molar-refractivity contribution >= 4 is 17.3 Å². The van der Waals surface area contributed by atoms with Crippen LogP contribution >= 0.6 is 0 Å².